The van der Waals surface area contributed by atoms with Crippen molar-refractivity contribution in [2.45, 2.75) is 20.0 Å². The first-order chi connectivity index (χ1) is 13.3. The highest BCUT2D eigenvalue weighted by molar-refractivity contribution is 6.33. The lowest BCUT2D eigenvalue weighted by molar-refractivity contribution is -0.149. The first kappa shape index (κ1) is 21.1. The van der Waals surface area contributed by atoms with E-state index < -0.39 is 29.7 Å². The van der Waals surface area contributed by atoms with Gasteiger partial charge in [0.25, 0.3) is 5.91 Å². The Balaban J connectivity index is 2.09. The quantitative estimate of drug-likeness (QED) is 0.570. The van der Waals surface area contributed by atoms with Gasteiger partial charge in [-0.05, 0) is 36.8 Å². The van der Waals surface area contributed by atoms with Crippen molar-refractivity contribution in [3.05, 3.63) is 70.6 Å². The van der Waals surface area contributed by atoms with Crippen LogP contribution in [0, 0.1) is 5.82 Å². The lowest BCUT2D eigenvalue weighted by Crippen LogP contribution is -2.33. The summed E-state index contributed by atoms with van der Waals surface area (Å²) >= 11 is 5.86. The Bertz CT molecular complexity index is 916. The van der Waals surface area contributed by atoms with Crippen molar-refractivity contribution < 1.29 is 23.5 Å². The van der Waals surface area contributed by atoms with E-state index in [2.05, 4.69) is 10.6 Å². The molecule has 2 amide bonds. The Labute approximate surface area is 166 Å². The number of halogens is 2. The standard InChI is InChI=1S/C20H18ClFN2O4/c1-12(19(26)24-17-9-8-15(22)11-16(17)21)28-20(27)18(23-13(2)25)10-14-6-4-3-5-7-14/h3-12H,1-2H3,(H,23,25)(H,24,26)/b18-10-/t12-/m1/s1. The van der Waals surface area contributed by atoms with Crippen LogP contribution in [-0.2, 0) is 19.1 Å². The molecule has 28 heavy (non-hydrogen) atoms. The van der Waals surface area contributed by atoms with Crippen molar-refractivity contribution in [3.63, 3.8) is 0 Å². The lowest BCUT2D eigenvalue weighted by Gasteiger charge is -2.15. The van der Waals surface area contributed by atoms with Gasteiger partial charge in [0.2, 0.25) is 5.91 Å². The van der Waals surface area contributed by atoms with E-state index in [0.29, 0.717) is 5.56 Å². The minimum Gasteiger partial charge on any atom is -0.448 e. The molecular weight excluding hydrogens is 387 g/mol. The topological polar surface area (TPSA) is 84.5 Å². The van der Waals surface area contributed by atoms with E-state index in [-0.39, 0.29) is 16.4 Å². The van der Waals surface area contributed by atoms with Gasteiger partial charge >= 0.3 is 5.97 Å². The molecule has 6 nitrogen and oxygen atoms in total. The second kappa shape index (κ2) is 9.66. The Morgan fingerprint density at radius 1 is 1.14 bits per heavy atom. The Hall–Kier alpha value is -3.19. The zero-order chi connectivity index (χ0) is 20.7. The SMILES string of the molecule is CC(=O)N/C(=C\c1ccccc1)C(=O)O[C@H](C)C(=O)Nc1ccc(F)cc1Cl. The van der Waals surface area contributed by atoms with Gasteiger partial charge in [-0.25, -0.2) is 9.18 Å². The summed E-state index contributed by atoms with van der Waals surface area (Å²) in [5.41, 5.74) is 0.731. The average molecular weight is 405 g/mol. The number of hydrogen-bond donors (Lipinski definition) is 2. The first-order valence-electron chi connectivity index (χ1n) is 8.27. The Kier molecular flexibility index (Phi) is 7.28. The average Bonchev–Trinajstić information content (AvgIpc) is 2.63. The van der Waals surface area contributed by atoms with Gasteiger partial charge in [-0.15, -0.1) is 0 Å². The highest BCUT2D eigenvalue weighted by Gasteiger charge is 2.22. The number of carbonyl (C=O) groups is 3. The van der Waals surface area contributed by atoms with Crippen molar-refractivity contribution in [3.8, 4) is 0 Å². The molecule has 2 aromatic rings. The van der Waals surface area contributed by atoms with Gasteiger partial charge in [0, 0.05) is 6.92 Å². The molecule has 2 rings (SSSR count). The second-order valence-corrected chi connectivity index (χ2v) is 6.22. The molecule has 0 aliphatic rings. The molecule has 0 bridgehead atoms. The molecular formula is C20H18ClFN2O4. The van der Waals surface area contributed by atoms with E-state index in [1.807, 2.05) is 0 Å². The van der Waals surface area contributed by atoms with Crippen LogP contribution < -0.4 is 10.6 Å². The third-order valence-corrected chi connectivity index (χ3v) is 3.80. The molecule has 0 aliphatic carbocycles. The van der Waals surface area contributed by atoms with E-state index in [1.165, 1.54) is 26.0 Å². The molecule has 0 spiro atoms. The van der Waals surface area contributed by atoms with Gasteiger partial charge in [0.15, 0.2) is 6.10 Å². The molecule has 0 fully saturated rings. The van der Waals surface area contributed by atoms with Crippen molar-refractivity contribution in [2.75, 3.05) is 5.32 Å². The number of benzene rings is 2. The third kappa shape index (κ3) is 6.21. The molecule has 2 aromatic carbocycles. The summed E-state index contributed by atoms with van der Waals surface area (Å²) in [6, 6.07) is 12.3. The largest absolute Gasteiger partial charge is 0.448 e. The van der Waals surface area contributed by atoms with Crippen LogP contribution in [0.25, 0.3) is 6.08 Å². The second-order valence-electron chi connectivity index (χ2n) is 5.81. The number of ether oxygens (including phenoxy) is 1. The van der Waals surface area contributed by atoms with Crippen molar-refractivity contribution >= 4 is 41.1 Å². The molecule has 0 saturated heterocycles. The van der Waals surface area contributed by atoms with Crippen LogP contribution >= 0.6 is 11.6 Å². The molecule has 146 valence electrons. The predicted molar refractivity (Wildman–Crippen MR) is 104 cm³/mol. The molecule has 0 aliphatic heterocycles. The molecule has 0 unspecified atom stereocenters. The van der Waals surface area contributed by atoms with Crippen LogP contribution in [-0.4, -0.2) is 23.9 Å². The van der Waals surface area contributed by atoms with Gasteiger partial charge in [-0.2, -0.15) is 0 Å². The maximum atomic E-state index is 13.1. The molecule has 0 aromatic heterocycles. The smallest absolute Gasteiger partial charge is 0.355 e. The van der Waals surface area contributed by atoms with E-state index in [9.17, 15) is 18.8 Å². The summed E-state index contributed by atoms with van der Waals surface area (Å²) in [6.45, 7) is 2.61. The minimum atomic E-state index is -1.19. The molecule has 0 radical (unpaired) electrons. The van der Waals surface area contributed by atoms with Gasteiger partial charge in [-0.3, -0.25) is 9.59 Å². The Morgan fingerprint density at radius 2 is 1.82 bits per heavy atom. The number of rotatable bonds is 6. The zero-order valence-corrected chi connectivity index (χ0v) is 15.9. The van der Waals surface area contributed by atoms with E-state index >= 15 is 0 Å². The monoisotopic (exact) mass is 404 g/mol. The van der Waals surface area contributed by atoms with E-state index in [4.69, 9.17) is 16.3 Å². The summed E-state index contributed by atoms with van der Waals surface area (Å²) < 4.78 is 18.2. The van der Waals surface area contributed by atoms with Gasteiger partial charge in [-0.1, -0.05) is 41.9 Å². The third-order valence-electron chi connectivity index (χ3n) is 3.48. The predicted octanol–water partition coefficient (Wildman–Crippen LogP) is 3.53. The van der Waals surface area contributed by atoms with Crippen LogP contribution in [0.2, 0.25) is 5.02 Å². The lowest BCUT2D eigenvalue weighted by atomic mass is 10.2. The fourth-order valence-corrected chi connectivity index (χ4v) is 2.37. The van der Waals surface area contributed by atoms with Crippen molar-refractivity contribution in [2.24, 2.45) is 0 Å². The maximum Gasteiger partial charge on any atom is 0.355 e. The number of anilines is 1. The molecule has 1 atom stereocenters. The summed E-state index contributed by atoms with van der Waals surface area (Å²) in [5, 5.41) is 4.85. The molecule has 2 N–H and O–H groups in total. The van der Waals surface area contributed by atoms with Crippen LogP contribution in [0.3, 0.4) is 0 Å². The molecule has 0 heterocycles. The summed E-state index contributed by atoms with van der Waals surface area (Å²) in [4.78, 5) is 36.0. The van der Waals surface area contributed by atoms with E-state index in [0.717, 1.165) is 12.1 Å². The Morgan fingerprint density at radius 3 is 2.43 bits per heavy atom. The number of amides is 2. The number of nitrogens with one attached hydrogen (secondary N) is 2. The van der Waals surface area contributed by atoms with E-state index in [1.54, 1.807) is 30.3 Å². The molecule has 0 saturated carbocycles. The van der Waals surface area contributed by atoms with Crippen LogP contribution in [0.4, 0.5) is 10.1 Å². The highest BCUT2D eigenvalue weighted by Crippen LogP contribution is 2.22. The summed E-state index contributed by atoms with van der Waals surface area (Å²) in [6.07, 6.45) is 0.243. The molecule has 8 heteroatoms. The van der Waals surface area contributed by atoms with Crippen LogP contribution in [0.1, 0.15) is 19.4 Å². The van der Waals surface area contributed by atoms with Gasteiger partial charge in [0.05, 0.1) is 10.7 Å². The van der Waals surface area contributed by atoms with Gasteiger partial charge in [0.1, 0.15) is 11.5 Å². The fourth-order valence-electron chi connectivity index (χ4n) is 2.15. The maximum absolute atomic E-state index is 13.1. The highest BCUT2D eigenvalue weighted by atomic mass is 35.5. The van der Waals surface area contributed by atoms with Crippen LogP contribution in [0.15, 0.2) is 54.2 Å². The summed E-state index contributed by atoms with van der Waals surface area (Å²) in [7, 11) is 0. The summed E-state index contributed by atoms with van der Waals surface area (Å²) in [5.74, 6) is -2.56. The van der Waals surface area contributed by atoms with Crippen molar-refractivity contribution in [1.82, 2.24) is 5.32 Å². The number of carbonyl (C=O) groups excluding carboxylic acids is 3. The first-order valence-corrected chi connectivity index (χ1v) is 8.65. The van der Waals surface area contributed by atoms with Gasteiger partial charge < -0.3 is 15.4 Å². The minimum absolute atomic E-state index is 0.00906. The number of hydrogen-bond acceptors (Lipinski definition) is 4. The zero-order valence-electron chi connectivity index (χ0n) is 15.2. The normalized spacial score (nSPS) is 12.1. The van der Waals surface area contributed by atoms with Crippen LogP contribution in [0.5, 0.6) is 0 Å². The van der Waals surface area contributed by atoms with Crippen molar-refractivity contribution in [1.29, 1.82) is 0 Å². The fraction of sp³-hybridized carbons (Fsp3) is 0.150. The number of esters is 1.